The molecule has 2 fully saturated rings. The van der Waals surface area contributed by atoms with Crippen molar-refractivity contribution in [3.63, 3.8) is 0 Å². The van der Waals surface area contributed by atoms with Gasteiger partial charge >= 0.3 is 5.97 Å². The van der Waals surface area contributed by atoms with Crippen LogP contribution >= 0.6 is 11.6 Å². The molecule has 10 heteroatoms. The number of hydrogen-bond acceptors (Lipinski definition) is 4. The lowest BCUT2D eigenvalue weighted by atomic mass is 9.81. The van der Waals surface area contributed by atoms with Crippen LogP contribution in [0.2, 0.25) is 5.02 Å². The van der Waals surface area contributed by atoms with E-state index in [1.54, 1.807) is 43.3 Å². The Kier molecular flexibility index (Phi) is 10.4. The van der Waals surface area contributed by atoms with Gasteiger partial charge in [-0.1, -0.05) is 74.0 Å². The van der Waals surface area contributed by atoms with E-state index in [0.717, 1.165) is 66.8 Å². The average molecular weight is 695 g/mol. The van der Waals surface area contributed by atoms with Crippen LogP contribution in [0.1, 0.15) is 85.2 Å². The fourth-order valence-corrected chi connectivity index (χ4v) is 7.58. The fourth-order valence-electron chi connectivity index (χ4n) is 7.45. The zero-order valence-corrected chi connectivity index (χ0v) is 29.3. The Morgan fingerprint density at radius 3 is 2.24 bits per heavy atom. The number of carbonyl (C=O) groups is 4. The standard InChI is InChI=1S/C40H43ClN4O5/c1-44(2)34(46)25-45-33-24-29(15-20-32(33)36(27-8-4-3-5-9-27)37(45)28-13-16-30(41)17-14-28)38(49)43-40(22-6-7-23-40)39(50)42-31-18-10-26(11-19-31)12-21-35(47)48/h10-21,24,27H,3-9,22-23,25H2,1-2H3,(H,42,50)(H,43,49)(H,47,48). The summed E-state index contributed by atoms with van der Waals surface area (Å²) in [7, 11) is 3.49. The molecule has 0 radical (unpaired) electrons. The molecule has 1 heterocycles. The van der Waals surface area contributed by atoms with Crippen LogP contribution in [0.3, 0.4) is 0 Å². The molecule has 3 N–H and O–H groups in total. The van der Waals surface area contributed by atoms with Gasteiger partial charge in [-0.05, 0) is 90.8 Å². The number of rotatable bonds is 10. The molecule has 2 aliphatic carbocycles. The highest BCUT2D eigenvalue weighted by atomic mass is 35.5. The van der Waals surface area contributed by atoms with Crippen molar-refractivity contribution in [1.82, 2.24) is 14.8 Å². The molecule has 0 saturated heterocycles. The minimum atomic E-state index is -1.08. The molecule has 0 unspecified atom stereocenters. The largest absolute Gasteiger partial charge is 0.478 e. The van der Waals surface area contributed by atoms with Crippen molar-refractivity contribution >= 4 is 58.0 Å². The second-order valence-electron chi connectivity index (χ2n) is 13.7. The molecular weight excluding hydrogens is 652 g/mol. The van der Waals surface area contributed by atoms with Crippen LogP contribution in [0.15, 0.2) is 72.8 Å². The summed E-state index contributed by atoms with van der Waals surface area (Å²) < 4.78 is 2.05. The van der Waals surface area contributed by atoms with Gasteiger partial charge in [0, 0.05) is 41.8 Å². The van der Waals surface area contributed by atoms with Crippen molar-refractivity contribution in [2.75, 3.05) is 19.4 Å². The van der Waals surface area contributed by atoms with E-state index in [1.165, 1.54) is 18.1 Å². The fraction of sp³-hybridized carbons (Fsp3) is 0.350. The number of nitrogens with one attached hydrogen (secondary N) is 2. The van der Waals surface area contributed by atoms with Crippen LogP contribution in [0.25, 0.3) is 28.2 Å². The summed E-state index contributed by atoms with van der Waals surface area (Å²) in [5, 5.41) is 16.6. The first kappa shape index (κ1) is 35.0. The number of carboxylic acids is 1. The smallest absolute Gasteiger partial charge is 0.328 e. The maximum atomic E-state index is 14.1. The lowest BCUT2D eigenvalue weighted by molar-refractivity contribution is -0.131. The number of anilines is 1. The number of nitrogens with zero attached hydrogens (tertiary/aromatic N) is 2. The lowest BCUT2D eigenvalue weighted by Crippen LogP contribution is -2.55. The summed E-state index contributed by atoms with van der Waals surface area (Å²) >= 11 is 6.30. The number of benzene rings is 3. The van der Waals surface area contributed by atoms with Crippen LogP contribution in [-0.2, 0) is 20.9 Å². The molecule has 4 aromatic rings. The molecule has 260 valence electrons. The second-order valence-corrected chi connectivity index (χ2v) is 14.1. The van der Waals surface area contributed by atoms with E-state index in [4.69, 9.17) is 16.7 Å². The number of fused-ring (bicyclic) bond motifs is 1. The van der Waals surface area contributed by atoms with Crippen LogP contribution in [0.4, 0.5) is 5.69 Å². The Morgan fingerprint density at radius 2 is 1.60 bits per heavy atom. The van der Waals surface area contributed by atoms with Gasteiger partial charge in [-0.3, -0.25) is 14.4 Å². The van der Waals surface area contributed by atoms with E-state index < -0.39 is 11.5 Å². The SMILES string of the molecule is CN(C)C(=O)Cn1c(-c2ccc(Cl)cc2)c(C2CCCCC2)c2ccc(C(=O)NC3(C(=O)Nc4ccc(C=CC(=O)O)cc4)CCCC3)cc21. The molecule has 3 amide bonds. The van der Waals surface area contributed by atoms with Crippen LogP contribution < -0.4 is 10.6 Å². The Morgan fingerprint density at radius 1 is 0.920 bits per heavy atom. The first-order valence-corrected chi connectivity index (χ1v) is 17.7. The lowest BCUT2D eigenvalue weighted by Gasteiger charge is -2.29. The van der Waals surface area contributed by atoms with E-state index in [9.17, 15) is 19.2 Å². The molecule has 2 saturated carbocycles. The molecule has 0 bridgehead atoms. The van der Waals surface area contributed by atoms with Crippen molar-refractivity contribution in [3.8, 4) is 11.3 Å². The number of halogens is 1. The highest BCUT2D eigenvalue weighted by Crippen LogP contribution is 2.44. The zero-order chi connectivity index (χ0) is 35.4. The van der Waals surface area contributed by atoms with Crippen molar-refractivity contribution in [3.05, 3.63) is 94.5 Å². The van der Waals surface area contributed by atoms with Crippen molar-refractivity contribution < 1.29 is 24.3 Å². The molecule has 3 aromatic carbocycles. The number of amides is 3. The zero-order valence-electron chi connectivity index (χ0n) is 28.5. The molecular formula is C40H43ClN4O5. The summed E-state index contributed by atoms with van der Waals surface area (Å²) in [6.07, 6.45) is 10.8. The van der Waals surface area contributed by atoms with E-state index in [2.05, 4.69) is 15.2 Å². The van der Waals surface area contributed by atoms with Gasteiger partial charge < -0.3 is 25.2 Å². The third-order valence-electron chi connectivity index (χ3n) is 10.1. The first-order valence-electron chi connectivity index (χ1n) is 17.3. The third kappa shape index (κ3) is 7.48. The van der Waals surface area contributed by atoms with Crippen LogP contribution in [0.5, 0.6) is 0 Å². The Bertz CT molecular complexity index is 1930. The summed E-state index contributed by atoms with van der Waals surface area (Å²) in [5.41, 5.74) is 4.53. The van der Waals surface area contributed by atoms with Crippen molar-refractivity contribution in [2.24, 2.45) is 0 Å². The monoisotopic (exact) mass is 694 g/mol. The molecule has 0 spiro atoms. The van der Waals surface area contributed by atoms with Gasteiger partial charge in [-0.15, -0.1) is 0 Å². The third-order valence-corrected chi connectivity index (χ3v) is 10.4. The highest BCUT2D eigenvalue weighted by molar-refractivity contribution is 6.30. The molecule has 50 heavy (non-hydrogen) atoms. The first-order chi connectivity index (χ1) is 24.0. The van der Waals surface area contributed by atoms with Gasteiger partial charge in [-0.25, -0.2) is 4.79 Å². The van der Waals surface area contributed by atoms with Gasteiger partial charge in [0.2, 0.25) is 11.8 Å². The maximum absolute atomic E-state index is 14.1. The molecule has 0 aliphatic heterocycles. The quantitative estimate of drug-likeness (QED) is 0.146. The maximum Gasteiger partial charge on any atom is 0.328 e. The van der Waals surface area contributed by atoms with E-state index in [1.807, 2.05) is 42.5 Å². The number of hydrogen-bond donors (Lipinski definition) is 3. The average Bonchev–Trinajstić information content (AvgIpc) is 3.72. The predicted molar refractivity (Wildman–Crippen MR) is 197 cm³/mol. The number of likely N-dealkylation sites (N-methyl/N-ethyl adjacent to an activating group) is 1. The summed E-state index contributed by atoms with van der Waals surface area (Å²) in [6, 6.07) is 20.3. The number of carboxylic acid groups (broad SMARTS) is 1. The Balaban J connectivity index is 1.36. The second kappa shape index (κ2) is 14.9. The van der Waals surface area contributed by atoms with Gasteiger partial charge in [0.1, 0.15) is 12.1 Å². The van der Waals surface area contributed by atoms with Crippen LogP contribution in [0, 0.1) is 0 Å². The van der Waals surface area contributed by atoms with Gasteiger partial charge in [-0.2, -0.15) is 0 Å². The molecule has 6 rings (SSSR count). The van der Waals surface area contributed by atoms with Crippen molar-refractivity contribution in [2.45, 2.75) is 75.8 Å². The Labute approximate surface area is 297 Å². The summed E-state index contributed by atoms with van der Waals surface area (Å²) in [6.45, 7) is 0.108. The molecule has 0 atom stereocenters. The minimum absolute atomic E-state index is 0.0605. The normalized spacial score (nSPS) is 16.1. The van der Waals surface area contributed by atoms with Gasteiger partial charge in [0.15, 0.2) is 0 Å². The van der Waals surface area contributed by atoms with Gasteiger partial charge in [0.05, 0.1) is 11.2 Å². The minimum Gasteiger partial charge on any atom is -0.478 e. The topological polar surface area (TPSA) is 121 Å². The van der Waals surface area contributed by atoms with Crippen molar-refractivity contribution in [1.29, 1.82) is 0 Å². The van der Waals surface area contributed by atoms with E-state index >= 15 is 0 Å². The molecule has 9 nitrogen and oxygen atoms in total. The summed E-state index contributed by atoms with van der Waals surface area (Å²) in [5.74, 6) is -1.42. The molecule has 1 aromatic heterocycles. The Hall–Kier alpha value is -4.89. The van der Waals surface area contributed by atoms with E-state index in [-0.39, 0.29) is 24.3 Å². The predicted octanol–water partition coefficient (Wildman–Crippen LogP) is 7.88. The summed E-state index contributed by atoms with van der Waals surface area (Å²) in [4.78, 5) is 53.6. The van der Waals surface area contributed by atoms with Crippen LogP contribution in [-0.4, -0.2) is 57.9 Å². The highest BCUT2D eigenvalue weighted by Gasteiger charge is 2.43. The number of aliphatic carboxylic acids is 1. The van der Waals surface area contributed by atoms with E-state index in [0.29, 0.717) is 40.6 Å². The van der Waals surface area contributed by atoms with Gasteiger partial charge in [0.25, 0.3) is 5.91 Å². The number of aromatic nitrogens is 1. The number of carbonyl (C=O) groups excluding carboxylic acids is 3. The molecule has 2 aliphatic rings.